The summed E-state index contributed by atoms with van der Waals surface area (Å²) in [6.07, 6.45) is 0.762. The van der Waals surface area contributed by atoms with Crippen molar-refractivity contribution in [2.75, 3.05) is 13.7 Å². The Labute approximate surface area is 147 Å². The summed E-state index contributed by atoms with van der Waals surface area (Å²) in [5.41, 5.74) is -0.443. The van der Waals surface area contributed by atoms with Crippen LogP contribution in [0.5, 0.6) is 0 Å². The second-order valence-electron chi connectivity index (χ2n) is 6.25. The molecule has 1 unspecified atom stereocenters. The van der Waals surface area contributed by atoms with E-state index in [1.807, 2.05) is 6.92 Å². The van der Waals surface area contributed by atoms with Gasteiger partial charge in [0.2, 0.25) is 5.91 Å². The summed E-state index contributed by atoms with van der Waals surface area (Å²) in [5, 5.41) is 0. The number of carbonyl (C=O) groups excluding carboxylic acids is 3. The molecule has 8 heteroatoms. The maximum Gasteiger partial charge on any atom is 0.266 e. The summed E-state index contributed by atoms with van der Waals surface area (Å²) in [7, 11) is -2.71. The summed E-state index contributed by atoms with van der Waals surface area (Å²) >= 11 is 0. The lowest BCUT2D eigenvalue weighted by Crippen LogP contribution is -2.43. The van der Waals surface area contributed by atoms with Crippen LogP contribution in [0.1, 0.15) is 24.8 Å². The first kappa shape index (κ1) is 19.3. The molecule has 0 radical (unpaired) electrons. The van der Waals surface area contributed by atoms with Gasteiger partial charge in [-0.05, 0) is 25.5 Å². The number of aldehydes is 2. The van der Waals surface area contributed by atoms with Crippen LogP contribution in [-0.4, -0.2) is 51.0 Å². The van der Waals surface area contributed by atoms with Gasteiger partial charge in [0, 0.05) is 20.0 Å². The molecule has 0 aliphatic carbocycles. The maximum absolute atomic E-state index is 13.0. The normalized spacial score (nSPS) is 19.8. The van der Waals surface area contributed by atoms with Crippen molar-refractivity contribution in [3.63, 3.8) is 0 Å². The van der Waals surface area contributed by atoms with E-state index in [1.165, 1.54) is 19.2 Å². The number of aryl methyl sites for hydroxylation is 1. The molecule has 0 bridgehead atoms. The van der Waals surface area contributed by atoms with Crippen LogP contribution in [-0.2, 0) is 29.1 Å². The van der Waals surface area contributed by atoms with Crippen LogP contribution in [0.25, 0.3) is 0 Å². The number of carbonyl (C=O) groups is 3. The average molecular weight is 367 g/mol. The minimum Gasteiger partial charge on any atom is -0.383 e. The molecule has 1 aliphatic rings. The number of ether oxygens (including phenoxy) is 1. The van der Waals surface area contributed by atoms with Crippen LogP contribution in [0.2, 0.25) is 0 Å². The molecule has 1 atom stereocenters. The van der Waals surface area contributed by atoms with Gasteiger partial charge in [-0.3, -0.25) is 4.79 Å². The number of sulfonamides is 1. The van der Waals surface area contributed by atoms with Gasteiger partial charge < -0.3 is 14.3 Å². The lowest BCUT2D eigenvalue weighted by molar-refractivity contribution is -0.136. The molecular formula is C17H21NO6S. The minimum atomic E-state index is -4.11. The van der Waals surface area contributed by atoms with Crippen LogP contribution < -0.4 is 0 Å². The highest BCUT2D eigenvalue weighted by atomic mass is 32.2. The van der Waals surface area contributed by atoms with Crippen molar-refractivity contribution in [3.05, 3.63) is 29.8 Å². The third-order valence-electron chi connectivity index (χ3n) is 4.50. The van der Waals surface area contributed by atoms with Crippen LogP contribution in [0, 0.1) is 12.3 Å². The molecule has 0 aromatic heterocycles. The first-order valence-electron chi connectivity index (χ1n) is 7.84. The summed E-state index contributed by atoms with van der Waals surface area (Å²) in [6, 6.07) is 5.39. The molecule has 0 N–H and O–H groups in total. The lowest BCUT2D eigenvalue weighted by Gasteiger charge is -2.25. The van der Waals surface area contributed by atoms with Gasteiger partial charge in [0.25, 0.3) is 10.0 Å². The highest BCUT2D eigenvalue weighted by molar-refractivity contribution is 7.89. The topological polar surface area (TPSA) is 97.8 Å². The molecule has 0 saturated carbocycles. The first-order valence-corrected chi connectivity index (χ1v) is 9.28. The number of rotatable bonds is 8. The molecule has 1 saturated heterocycles. The zero-order chi connectivity index (χ0) is 18.7. The van der Waals surface area contributed by atoms with Gasteiger partial charge in [0.1, 0.15) is 12.6 Å². The Balaban J connectivity index is 2.52. The van der Waals surface area contributed by atoms with Crippen molar-refractivity contribution in [2.45, 2.75) is 37.1 Å². The quantitative estimate of drug-likeness (QED) is 0.638. The first-order chi connectivity index (χ1) is 11.8. The van der Waals surface area contributed by atoms with E-state index < -0.39 is 27.4 Å². The average Bonchev–Trinajstić information content (AvgIpc) is 2.81. The highest BCUT2D eigenvalue weighted by Gasteiger charge is 2.55. The van der Waals surface area contributed by atoms with Gasteiger partial charge in [0.05, 0.1) is 23.0 Å². The second kappa shape index (κ2) is 7.45. The van der Waals surface area contributed by atoms with Gasteiger partial charge >= 0.3 is 0 Å². The largest absolute Gasteiger partial charge is 0.383 e. The molecule has 2 rings (SSSR count). The van der Waals surface area contributed by atoms with Crippen molar-refractivity contribution in [1.29, 1.82) is 0 Å². The fraction of sp³-hybridized carbons (Fsp3) is 0.471. The van der Waals surface area contributed by atoms with Crippen molar-refractivity contribution in [3.8, 4) is 0 Å². The van der Waals surface area contributed by atoms with E-state index in [9.17, 15) is 22.8 Å². The number of methoxy groups -OCH3 is 1. The predicted octanol–water partition coefficient (Wildman–Crippen LogP) is 1.10. The van der Waals surface area contributed by atoms with E-state index in [-0.39, 0.29) is 30.8 Å². The minimum absolute atomic E-state index is 0.00367. The Hall–Kier alpha value is -2.06. The smallest absolute Gasteiger partial charge is 0.266 e. The van der Waals surface area contributed by atoms with Crippen LogP contribution in [0.3, 0.4) is 0 Å². The SMILES string of the molecule is COCC1CC(CC=O)(CC=O)C(=O)N1S(=O)(=O)c1ccc(C)cc1. The van der Waals surface area contributed by atoms with Crippen LogP contribution >= 0.6 is 0 Å². The Kier molecular flexibility index (Phi) is 5.74. The molecule has 1 aliphatic heterocycles. The monoisotopic (exact) mass is 367 g/mol. The predicted molar refractivity (Wildman–Crippen MR) is 89.3 cm³/mol. The van der Waals surface area contributed by atoms with Crippen LogP contribution in [0.15, 0.2) is 29.2 Å². The van der Waals surface area contributed by atoms with E-state index >= 15 is 0 Å². The van der Waals surface area contributed by atoms with Crippen molar-refractivity contribution >= 4 is 28.5 Å². The Morgan fingerprint density at radius 1 is 1.20 bits per heavy atom. The molecule has 25 heavy (non-hydrogen) atoms. The van der Waals surface area contributed by atoms with E-state index in [1.54, 1.807) is 12.1 Å². The van der Waals surface area contributed by atoms with Gasteiger partial charge in [-0.15, -0.1) is 0 Å². The summed E-state index contributed by atoms with van der Waals surface area (Å²) in [5.74, 6) is -0.727. The van der Waals surface area contributed by atoms with Crippen molar-refractivity contribution < 1.29 is 27.5 Å². The molecule has 1 aromatic carbocycles. The molecule has 0 spiro atoms. The molecule has 1 heterocycles. The standard InChI is InChI=1S/C17H21NO6S/c1-13-3-5-15(6-4-13)25(22,23)18-14(12-24-2)11-17(7-9-19,8-10-20)16(18)21/h3-6,9-10,14H,7-8,11-12H2,1-2H3. The van der Waals surface area contributed by atoms with E-state index in [0.717, 1.165) is 9.87 Å². The maximum atomic E-state index is 13.0. The van der Waals surface area contributed by atoms with E-state index in [4.69, 9.17) is 4.74 Å². The van der Waals surface area contributed by atoms with Crippen LogP contribution in [0.4, 0.5) is 0 Å². The number of benzene rings is 1. The molecule has 1 amide bonds. The summed E-state index contributed by atoms with van der Waals surface area (Å²) in [6.45, 7) is 1.82. The third-order valence-corrected chi connectivity index (χ3v) is 6.35. The number of amides is 1. The van der Waals surface area contributed by atoms with Crippen molar-refractivity contribution in [2.24, 2.45) is 5.41 Å². The Morgan fingerprint density at radius 2 is 1.76 bits per heavy atom. The molecular weight excluding hydrogens is 346 g/mol. The number of nitrogens with zero attached hydrogens (tertiary/aromatic N) is 1. The second-order valence-corrected chi connectivity index (χ2v) is 8.07. The van der Waals surface area contributed by atoms with Gasteiger partial charge in [-0.1, -0.05) is 17.7 Å². The van der Waals surface area contributed by atoms with Gasteiger partial charge in [0.15, 0.2) is 0 Å². The lowest BCUT2D eigenvalue weighted by atomic mass is 9.79. The Bertz CT molecular complexity index is 746. The number of hydrogen-bond donors (Lipinski definition) is 0. The molecule has 1 fully saturated rings. The third kappa shape index (κ3) is 3.50. The summed E-state index contributed by atoms with van der Waals surface area (Å²) < 4.78 is 31.9. The van der Waals surface area contributed by atoms with Gasteiger partial charge in [-0.25, -0.2) is 12.7 Å². The van der Waals surface area contributed by atoms with E-state index in [0.29, 0.717) is 12.6 Å². The van der Waals surface area contributed by atoms with Gasteiger partial charge in [-0.2, -0.15) is 0 Å². The molecule has 7 nitrogen and oxygen atoms in total. The van der Waals surface area contributed by atoms with E-state index in [2.05, 4.69) is 0 Å². The Morgan fingerprint density at radius 3 is 2.24 bits per heavy atom. The fourth-order valence-corrected chi connectivity index (χ4v) is 4.86. The summed E-state index contributed by atoms with van der Waals surface area (Å²) in [4.78, 5) is 35.0. The highest BCUT2D eigenvalue weighted by Crippen LogP contribution is 2.43. The zero-order valence-electron chi connectivity index (χ0n) is 14.2. The zero-order valence-corrected chi connectivity index (χ0v) is 15.0. The molecule has 136 valence electrons. The number of hydrogen-bond acceptors (Lipinski definition) is 6. The van der Waals surface area contributed by atoms with Crippen molar-refractivity contribution in [1.82, 2.24) is 4.31 Å². The fourth-order valence-electron chi connectivity index (χ4n) is 3.21. The molecule has 1 aromatic rings.